The fraction of sp³-hybridized carbons (Fsp3) is 0.130. The molecule has 0 aliphatic heterocycles. The summed E-state index contributed by atoms with van der Waals surface area (Å²) in [5, 5.41) is 6.25. The van der Waals surface area contributed by atoms with E-state index in [2.05, 4.69) is 10.6 Å². The third-order valence-corrected chi connectivity index (χ3v) is 4.88. The molecule has 0 atom stereocenters. The molecule has 3 aromatic carbocycles. The summed E-state index contributed by atoms with van der Waals surface area (Å²) in [5.74, 6) is 0.183. The van der Waals surface area contributed by atoms with E-state index in [9.17, 15) is 9.59 Å². The molecule has 3 aromatic rings. The quantitative estimate of drug-likeness (QED) is 0.463. The van der Waals surface area contributed by atoms with Crippen LogP contribution in [-0.4, -0.2) is 32.6 Å². The number of nitrogens with one attached hydrogen (secondary N) is 2. The van der Waals surface area contributed by atoms with Crippen LogP contribution < -0.4 is 24.8 Å². The van der Waals surface area contributed by atoms with Crippen LogP contribution in [0.15, 0.2) is 60.7 Å². The molecule has 3 rings (SSSR count). The van der Waals surface area contributed by atoms with Gasteiger partial charge in [0.2, 0.25) is 0 Å². The van der Waals surface area contributed by atoms with Crippen molar-refractivity contribution < 1.29 is 23.8 Å². The average Bonchev–Trinajstić information content (AvgIpc) is 2.80. The lowest BCUT2D eigenvalue weighted by Crippen LogP contribution is -2.21. The number of carbonyl (C=O) groups is 2. The predicted molar refractivity (Wildman–Crippen MR) is 125 cm³/mol. The van der Waals surface area contributed by atoms with Crippen LogP contribution in [-0.2, 0) is 4.79 Å². The maximum atomic E-state index is 12.5. The number of halogens is 2. The number of anilines is 2. The number of carbonyl (C=O) groups excluding carboxylic acids is 2. The molecule has 2 amide bonds. The van der Waals surface area contributed by atoms with Crippen molar-refractivity contribution in [2.75, 3.05) is 31.5 Å². The summed E-state index contributed by atoms with van der Waals surface area (Å²) >= 11 is 12.0. The van der Waals surface area contributed by atoms with Crippen molar-refractivity contribution in [3.8, 4) is 17.2 Å². The molecule has 0 fully saturated rings. The van der Waals surface area contributed by atoms with E-state index in [1.165, 1.54) is 20.3 Å². The predicted octanol–water partition coefficient (Wildman–Crippen LogP) is 5.28. The van der Waals surface area contributed by atoms with Gasteiger partial charge in [-0.05, 0) is 24.3 Å². The maximum absolute atomic E-state index is 12.5. The molecular weight excluding hydrogens is 455 g/mol. The van der Waals surface area contributed by atoms with Gasteiger partial charge >= 0.3 is 0 Å². The van der Waals surface area contributed by atoms with Gasteiger partial charge in [0.25, 0.3) is 11.8 Å². The first-order chi connectivity index (χ1) is 15.4. The van der Waals surface area contributed by atoms with Crippen LogP contribution in [0.5, 0.6) is 17.2 Å². The summed E-state index contributed by atoms with van der Waals surface area (Å²) in [5.41, 5.74) is 1.22. The number of methoxy groups -OCH3 is 2. The van der Waals surface area contributed by atoms with Gasteiger partial charge in [-0.1, -0.05) is 41.4 Å². The van der Waals surface area contributed by atoms with Crippen LogP contribution in [0.2, 0.25) is 10.0 Å². The molecule has 9 heteroatoms. The average molecular weight is 475 g/mol. The number of ether oxygens (including phenoxy) is 3. The molecule has 32 heavy (non-hydrogen) atoms. The standard InChI is InChI=1S/C23H20Cl2N2O5/c1-30-20-12-18(27-23(29)14-6-4-3-5-7-14)21(31-2)11-17(20)26-22(28)13-32-19-10-15(24)8-9-16(19)25/h3-12H,13H2,1-2H3,(H,26,28)(H,27,29). The molecule has 0 aromatic heterocycles. The van der Waals surface area contributed by atoms with Gasteiger partial charge in [-0.25, -0.2) is 0 Å². The first-order valence-electron chi connectivity index (χ1n) is 9.41. The molecule has 0 spiro atoms. The summed E-state index contributed by atoms with van der Waals surface area (Å²) in [6.07, 6.45) is 0. The van der Waals surface area contributed by atoms with E-state index in [4.69, 9.17) is 37.4 Å². The van der Waals surface area contributed by atoms with Crippen molar-refractivity contribution >= 4 is 46.4 Å². The minimum atomic E-state index is -0.456. The first-order valence-corrected chi connectivity index (χ1v) is 10.2. The topological polar surface area (TPSA) is 85.9 Å². The Kier molecular flexibility index (Phi) is 7.81. The Morgan fingerprint density at radius 2 is 1.44 bits per heavy atom. The summed E-state index contributed by atoms with van der Waals surface area (Å²) in [7, 11) is 2.90. The lowest BCUT2D eigenvalue weighted by Gasteiger charge is -2.16. The van der Waals surface area contributed by atoms with Crippen LogP contribution in [0.25, 0.3) is 0 Å². The van der Waals surface area contributed by atoms with E-state index in [0.717, 1.165) is 0 Å². The van der Waals surface area contributed by atoms with Gasteiger partial charge in [-0.3, -0.25) is 9.59 Å². The Bertz CT molecular complexity index is 1120. The third-order valence-electron chi connectivity index (χ3n) is 4.33. The van der Waals surface area contributed by atoms with Crippen molar-refractivity contribution in [1.82, 2.24) is 0 Å². The lowest BCUT2D eigenvalue weighted by molar-refractivity contribution is -0.118. The summed E-state index contributed by atoms with van der Waals surface area (Å²) < 4.78 is 16.2. The zero-order valence-corrected chi connectivity index (χ0v) is 18.8. The smallest absolute Gasteiger partial charge is 0.262 e. The molecule has 0 aliphatic carbocycles. The number of hydrogen-bond acceptors (Lipinski definition) is 5. The van der Waals surface area contributed by atoms with E-state index in [1.807, 2.05) is 6.07 Å². The van der Waals surface area contributed by atoms with Gasteiger partial charge in [0.15, 0.2) is 6.61 Å². The monoisotopic (exact) mass is 474 g/mol. The zero-order chi connectivity index (χ0) is 23.1. The molecule has 7 nitrogen and oxygen atoms in total. The normalized spacial score (nSPS) is 10.2. The van der Waals surface area contributed by atoms with Crippen LogP contribution in [0, 0.1) is 0 Å². The Balaban J connectivity index is 1.74. The lowest BCUT2D eigenvalue weighted by atomic mass is 10.2. The number of amides is 2. The molecular formula is C23H20Cl2N2O5. The molecule has 0 saturated heterocycles. The highest BCUT2D eigenvalue weighted by Gasteiger charge is 2.17. The molecule has 0 bridgehead atoms. The highest BCUT2D eigenvalue weighted by molar-refractivity contribution is 6.34. The van der Waals surface area contributed by atoms with E-state index in [-0.39, 0.29) is 18.3 Å². The second-order valence-corrected chi connectivity index (χ2v) is 7.33. The number of hydrogen-bond donors (Lipinski definition) is 2. The van der Waals surface area contributed by atoms with Gasteiger partial charge in [-0.2, -0.15) is 0 Å². The van der Waals surface area contributed by atoms with E-state index >= 15 is 0 Å². The van der Waals surface area contributed by atoms with E-state index in [1.54, 1.807) is 48.5 Å². The minimum Gasteiger partial charge on any atom is -0.494 e. The van der Waals surface area contributed by atoms with Gasteiger partial charge in [-0.15, -0.1) is 0 Å². The van der Waals surface area contributed by atoms with E-state index < -0.39 is 5.91 Å². The van der Waals surface area contributed by atoms with Crippen molar-refractivity contribution in [2.45, 2.75) is 0 Å². The Labute approximate surface area is 195 Å². The van der Waals surface area contributed by atoms with Gasteiger partial charge in [0, 0.05) is 28.8 Å². The van der Waals surface area contributed by atoms with Crippen LogP contribution in [0.1, 0.15) is 10.4 Å². The Hall–Kier alpha value is -3.42. The SMILES string of the molecule is COc1cc(NC(=O)c2ccccc2)c(OC)cc1NC(=O)COc1cc(Cl)ccc1Cl. The molecule has 0 heterocycles. The molecule has 166 valence electrons. The van der Waals surface area contributed by atoms with Gasteiger partial charge in [0.05, 0.1) is 30.6 Å². The molecule has 0 radical (unpaired) electrons. The molecule has 0 unspecified atom stereocenters. The van der Waals surface area contributed by atoms with Crippen molar-refractivity contribution in [3.63, 3.8) is 0 Å². The number of benzene rings is 3. The van der Waals surface area contributed by atoms with Crippen molar-refractivity contribution in [3.05, 3.63) is 76.3 Å². The summed E-state index contributed by atoms with van der Waals surface area (Å²) in [6, 6.07) is 16.6. The van der Waals surface area contributed by atoms with Crippen molar-refractivity contribution in [1.29, 1.82) is 0 Å². The highest BCUT2D eigenvalue weighted by Crippen LogP contribution is 2.36. The summed E-state index contributed by atoms with van der Waals surface area (Å²) in [4.78, 5) is 24.9. The van der Waals surface area contributed by atoms with Crippen LogP contribution in [0.4, 0.5) is 11.4 Å². The molecule has 0 saturated carbocycles. The fourth-order valence-corrected chi connectivity index (χ4v) is 3.13. The third kappa shape index (κ3) is 5.84. The minimum absolute atomic E-state index is 0.290. The Morgan fingerprint density at radius 1 is 0.812 bits per heavy atom. The first kappa shape index (κ1) is 23.2. The van der Waals surface area contributed by atoms with Crippen molar-refractivity contribution in [2.24, 2.45) is 0 Å². The summed E-state index contributed by atoms with van der Waals surface area (Å²) in [6.45, 7) is -0.308. The molecule has 0 aliphatic rings. The Morgan fingerprint density at radius 3 is 2.06 bits per heavy atom. The molecule has 2 N–H and O–H groups in total. The fourth-order valence-electron chi connectivity index (χ4n) is 2.79. The second kappa shape index (κ2) is 10.7. The number of rotatable bonds is 8. The van der Waals surface area contributed by atoms with Gasteiger partial charge in [0.1, 0.15) is 17.2 Å². The maximum Gasteiger partial charge on any atom is 0.262 e. The highest BCUT2D eigenvalue weighted by atomic mass is 35.5. The largest absolute Gasteiger partial charge is 0.494 e. The van der Waals surface area contributed by atoms with Gasteiger partial charge < -0.3 is 24.8 Å². The second-order valence-electron chi connectivity index (χ2n) is 6.48. The van der Waals surface area contributed by atoms with Crippen LogP contribution in [0.3, 0.4) is 0 Å². The van der Waals surface area contributed by atoms with Crippen LogP contribution >= 0.6 is 23.2 Å². The zero-order valence-electron chi connectivity index (χ0n) is 17.3. The van der Waals surface area contributed by atoms with E-state index in [0.29, 0.717) is 38.5 Å².